The summed E-state index contributed by atoms with van der Waals surface area (Å²) in [5.74, 6) is 0.339. The predicted octanol–water partition coefficient (Wildman–Crippen LogP) is 0.192. The maximum absolute atomic E-state index is 12.1. The van der Waals surface area contributed by atoms with Crippen molar-refractivity contribution in [3.8, 4) is 0 Å². The number of carbonyl (C=O) groups is 1. The first kappa shape index (κ1) is 15.0. The Balaban J connectivity index is 1.47. The molecule has 0 aliphatic carbocycles. The molecule has 2 aliphatic rings. The van der Waals surface area contributed by atoms with Gasteiger partial charge in [0.15, 0.2) is 4.34 Å². The SMILES string of the molecule is Nc1nnc(SCC(=O)N[C@@H]2COC[C@H]2N2CCCC2)s1. The Morgan fingerprint density at radius 2 is 2.24 bits per heavy atom. The fraction of sp³-hybridized carbons (Fsp3) is 0.750. The number of hydrogen-bond acceptors (Lipinski definition) is 8. The zero-order valence-electron chi connectivity index (χ0n) is 11.7. The number of nitrogens with zero attached hydrogens (tertiary/aromatic N) is 3. The summed E-state index contributed by atoms with van der Waals surface area (Å²) in [5.41, 5.74) is 5.51. The second-order valence-electron chi connectivity index (χ2n) is 5.22. The van der Waals surface area contributed by atoms with Crippen molar-refractivity contribution < 1.29 is 9.53 Å². The Morgan fingerprint density at radius 3 is 2.95 bits per heavy atom. The largest absolute Gasteiger partial charge is 0.378 e. The van der Waals surface area contributed by atoms with E-state index in [9.17, 15) is 4.79 Å². The minimum atomic E-state index is 0.00784. The molecule has 0 radical (unpaired) electrons. The van der Waals surface area contributed by atoms with Crippen molar-refractivity contribution in [2.75, 3.05) is 37.8 Å². The quantitative estimate of drug-likeness (QED) is 0.745. The molecule has 2 saturated heterocycles. The third-order valence-corrected chi connectivity index (χ3v) is 5.64. The first-order valence-electron chi connectivity index (χ1n) is 7.05. The van der Waals surface area contributed by atoms with E-state index in [-0.39, 0.29) is 11.9 Å². The first-order chi connectivity index (χ1) is 10.2. The summed E-state index contributed by atoms with van der Waals surface area (Å²) in [5, 5.41) is 11.1. The van der Waals surface area contributed by atoms with Crippen LogP contribution < -0.4 is 11.1 Å². The second-order valence-corrected chi connectivity index (χ2v) is 7.45. The zero-order chi connectivity index (χ0) is 14.7. The van der Waals surface area contributed by atoms with E-state index in [0.717, 1.165) is 17.4 Å². The minimum Gasteiger partial charge on any atom is -0.378 e. The molecule has 3 N–H and O–H groups in total. The van der Waals surface area contributed by atoms with E-state index in [2.05, 4.69) is 20.4 Å². The molecule has 21 heavy (non-hydrogen) atoms. The molecule has 9 heteroatoms. The molecule has 7 nitrogen and oxygen atoms in total. The van der Waals surface area contributed by atoms with Crippen LogP contribution in [0.3, 0.4) is 0 Å². The van der Waals surface area contributed by atoms with Crippen molar-refractivity contribution in [1.29, 1.82) is 0 Å². The highest BCUT2D eigenvalue weighted by Gasteiger charge is 2.35. The van der Waals surface area contributed by atoms with Crippen LogP contribution >= 0.6 is 23.1 Å². The van der Waals surface area contributed by atoms with Gasteiger partial charge in [0.2, 0.25) is 11.0 Å². The smallest absolute Gasteiger partial charge is 0.230 e. The van der Waals surface area contributed by atoms with Crippen LogP contribution in [0.5, 0.6) is 0 Å². The van der Waals surface area contributed by atoms with Crippen LogP contribution in [0.1, 0.15) is 12.8 Å². The van der Waals surface area contributed by atoms with Gasteiger partial charge >= 0.3 is 0 Å². The number of thioether (sulfide) groups is 1. The maximum Gasteiger partial charge on any atom is 0.230 e. The minimum absolute atomic E-state index is 0.00784. The van der Waals surface area contributed by atoms with E-state index in [1.54, 1.807) is 0 Å². The molecule has 0 saturated carbocycles. The topological polar surface area (TPSA) is 93.4 Å². The van der Waals surface area contributed by atoms with Gasteiger partial charge in [0.25, 0.3) is 0 Å². The van der Waals surface area contributed by atoms with Crippen LogP contribution in [0.25, 0.3) is 0 Å². The van der Waals surface area contributed by atoms with Crippen molar-refractivity contribution >= 4 is 34.1 Å². The molecule has 2 fully saturated rings. The fourth-order valence-corrected chi connectivity index (χ4v) is 4.22. The second kappa shape index (κ2) is 6.91. The van der Waals surface area contributed by atoms with Gasteiger partial charge in [-0.2, -0.15) is 0 Å². The average Bonchev–Trinajstić information content (AvgIpc) is 3.16. The summed E-state index contributed by atoms with van der Waals surface area (Å²) >= 11 is 2.66. The maximum atomic E-state index is 12.1. The lowest BCUT2D eigenvalue weighted by atomic mass is 10.1. The highest BCUT2D eigenvalue weighted by atomic mass is 32.2. The molecular weight excluding hydrogens is 310 g/mol. The van der Waals surface area contributed by atoms with E-state index in [1.807, 2.05) is 0 Å². The number of hydrogen-bond donors (Lipinski definition) is 2. The van der Waals surface area contributed by atoms with Gasteiger partial charge in [-0.1, -0.05) is 23.1 Å². The van der Waals surface area contributed by atoms with Gasteiger partial charge < -0.3 is 15.8 Å². The van der Waals surface area contributed by atoms with Gasteiger partial charge in [0.05, 0.1) is 31.1 Å². The van der Waals surface area contributed by atoms with E-state index in [1.165, 1.54) is 35.9 Å². The predicted molar refractivity (Wildman–Crippen MR) is 82.4 cm³/mol. The summed E-state index contributed by atoms with van der Waals surface area (Å²) in [7, 11) is 0. The molecule has 0 spiro atoms. The monoisotopic (exact) mass is 329 g/mol. The molecule has 3 heterocycles. The van der Waals surface area contributed by atoms with Gasteiger partial charge in [-0.3, -0.25) is 9.69 Å². The summed E-state index contributed by atoms with van der Waals surface area (Å²) in [6.45, 7) is 3.53. The Hall–Kier alpha value is -0.900. The molecule has 2 aliphatic heterocycles. The van der Waals surface area contributed by atoms with Crippen LogP contribution in [0.15, 0.2) is 4.34 Å². The number of nitrogen functional groups attached to an aromatic ring is 1. The number of ether oxygens (including phenoxy) is 1. The highest BCUT2D eigenvalue weighted by Crippen LogP contribution is 2.23. The zero-order valence-corrected chi connectivity index (χ0v) is 13.3. The Bertz CT molecular complexity index is 492. The molecule has 1 aromatic heterocycles. The molecule has 0 bridgehead atoms. The molecule has 1 aromatic rings. The molecule has 1 amide bonds. The Kier molecular flexibility index (Phi) is 4.94. The summed E-state index contributed by atoms with van der Waals surface area (Å²) < 4.78 is 6.27. The lowest BCUT2D eigenvalue weighted by Crippen LogP contribution is -2.50. The van der Waals surface area contributed by atoms with Gasteiger partial charge in [-0.15, -0.1) is 10.2 Å². The number of rotatable bonds is 5. The summed E-state index contributed by atoms with van der Waals surface area (Å²) in [4.78, 5) is 14.5. The number of carbonyl (C=O) groups excluding carboxylic acids is 1. The lowest BCUT2D eigenvalue weighted by molar-refractivity contribution is -0.119. The van der Waals surface area contributed by atoms with E-state index >= 15 is 0 Å². The van der Waals surface area contributed by atoms with Crippen molar-refractivity contribution in [1.82, 2.24) is 20.4 Å². The van der Waals surface area contributed by atoms with Gasteiger partial charge in [-0.05, 0) is 25.9 Å². The molecule has 3 rings (SSSR count). The van der Waals surface area contributed by atoms with Crippen LogP contribution in [0.4, 0.5) is 5.13 Å². The molecular formula is C12H19N5O2S2. The molecule has 0 unspecified atom stereocenters. The number of amides is 1. The molecule has 116 valence electrons. The molecule has 2 atom stereocenters. The van der Waals surface area contributed by atoms with Gasteiger partial charge in [-0.25, -0.2) is 0 Å². The van der Waals surface area contributed by atoms with Crippen molar-refractivity contribution in [3.05, 3.63) is 0 Å². The van der Waals surface area contributed by atoms with E-state index in [0.29, 0.717) is 30.1 Å². The number of nitrogens with two attached hydrogens (primary N) is 1. The number of likely N-dealkylation sites (tertiary alicyclic amines) is 1. The van der Waals surface area contributed by atoms with Crippen molar-refractivity contribution in [2.24, 2.45) is 0 Å². The van der Waals surface area contributed by atoms with Crippen LogP contribution in [0, 0.1) is 0 Å². The summed E-state index contributed by atoms with van der Waals surface area (Å²) in [6, 6.07) is 0.411. The number of aromatic nitrogens is 2. The van der Waals surface area contributed by atoms with E-state index in [4.69, 9.17) is 10.5 Å². The summed E-state index contributed by atoms with van der Waals surface area (Å²) in [6.07, 6.45) is 2.48. The van der Waals surface area contributed by atoms with Gasteiger partial charge in [0.1, 0.15) is 0 Å². The van der Waals surface area contributed by atoms with Crippen molar-refractivity contribution in [3.63, 3.8) is 0 Å². The van der Waals surface area contributed by atoms with Gasteiger partial charge in [0, 0.05) is 0 Å². The Morgan fingerprint density at radius 1 is 1.43 bits per heavy atom. The average molecular weight is 329 g/mol. The van der Waals surface area contributed by atoms with Crippen LogP contribution in [0.2, 0.25) is 0 Å². The number of nitrogens with one attached hydrogen (secondary N) is 1. The first-order valence-corrected chi connectivity index (χ1v) is 8.85. The highest BCUT2D eigenvalue weighted by molar-refractivity contribution is 8.01. The third kappa shape index (κ3) is 3.85. The van der Waals surface area contributed by atoms with Crippen LogP contribution in [-0.4, -0.2) is 65.1 Å². The standard InChI is InChI=1S/C12H19N5O2S2/c13-11-15-16-12(21-11)20-7-10(18)14-8-5-19-6-9(8)17-3-1-2-4-17/h8-9H,1-7H2,(H2,13,15)(H,14,18)/t8-,9-/m1/s1. The Labute approximate surface area is 131 Å². The lowest BCUT2D eigenvalue weighted by Gasteiger charge is -2.27. The number of anilines is 1. The van der Waals surface area contributed by atoms with Crippen molar-refractivity contribution in [2.45, 2.75) is 29.3 Å². The molecule has 0 aromatic carbocycles. The third-order valence-electron chi connectivity index (χ3n) is 3.76. The van der Waals surface area contributed by atoms with E-state index < -0.39 is 0 Å². The fourth-order valence-electron chi connectivity index (χ4n) is 2.77. The van der Waals surface area contributed by atoms with Crippen LogP contribution in [-0.2, 0) is 9.53 Å². The normalized spacial score (nSPS) is 26.3.